The van der Waals surface area contributed by atoms with Crippen molar-refractivity contribution in [2.45, 2.75) is 61.4 Å². The van der Waals surface area contributed by atoms with E-state index in [-0.39, 0.29) is 34.0 Å². The highest BCUT2D eigenvalue weighted by Gasteiger charge is 2.70. The first-order valence-electron chi connectivity index (χ1n) is 8.24. The predicted octanol–water partition coefficient (Wildman–Crippen LogP) is 3.26. The van der Waals surface area contributed by atoms with E-state index in [0.717, 1.165) is 0 Å². The highest BCUT2D eigenvalue weighted by molar-refractivity contribution is 5.87. The molecule has 126 valence electrons. The molecule has 0 spiro atoms. The fourth-order valence-corrected chi connectivity index (χ4v) is 5.00. The van der Waals surface area contributed by atoms with Gasteiger partial charge in [0.05, 0.1) is 0 Å². The van der Waals surface area contributed by atoms with Crippen molar-refractivity contribution in [3.63, 3.8) is 0 Å². The minimum absolute atomic E-state index is 0.00963. The Morgan fingerprint density at radius 1 is 1.09 bits per heavy atom. The average Bonchev–Trinajstić information content (AvgIpc) is 2.68. The number of nitrogens with zero attached hydrogens (tertiary/aromatic N) is 1. The zero-order chi connectivity index (χ0) is 17.2. The summed E-state index contributed by atoms with van der Waals surface area (Å²) in [5.74, 6) is -0.599. The van der Waals surface area contributed by atoms with E-state index in [0.29, 0.717) is 12.5 Å². The van der Waals surface area contributed by atoms with Crippen LogP contribution in [0.4, 0.5) is 0 Å². The first-order chi connectivity index (χ1) is 9.70. The molecule has 1 saturated carbocycles. The second kappa shape index (κ2) is 4.72. The first-order valence-corrected chi connectivity index (χ1v) is 8.24. The number of carbonyl (C=O) groups excluding carboxylic acids is 1. The highest BCUT2D eigenvalue weighted by atomic mass is 16.4. The van der Waals surface area contributed by atoms with Gasteiger partial charge in [0.2, 0.25) is 5.91 Å². The van der Waals surface area contributed by atoms with Gasteiger partial charge in [-0.05, 0) is 22.2 Å². The van der Waals surface area contributed by atoms with Crippen molar-refractivity contribution in [3.05, 3.63) is 0 Å². The second-order valence-corrected chi connectivity index (χ2v) is 9.89. The van der Waals surface area contributed by atoms with Crippen molar-refractivity contribution < 1.29 is 14.7 Å². The Morgan fingerprint density at radius 2 is 1.55 bits per heavy atom. The maximum absolute atomic E-state index is 13.2. The highest BCUT2D eigenvalue weighted by Crippen LogP contribution is 2.65. The molecule has 1 amide bonds. The van der Waals surface area contributed by atoms with Crippen LogP contribution in [-0.2, 0) is 9.59 Å². The number of piperidine rings is 1. The normalized spacial score (nSPS) is 30.4. The monoisotopic (exact) mass is 309 g/mol. The average molecular weight is 309 g/mol. The topological polar surface area (TPSA) is 57.6 Å². The summed E-state index contributed by atoms with van der Waals surface area (Å²) >= 11 is 0. The van der Waals surface area contributed by atoms with Gasteiger partial charge in [-0.2, -0.15) is 0 Å². The van der Waals surface area contributed by atoms with E-state index in [1.54, 1.807) is 4.90 Å². The lowest BCUT2D eigenvalue weighted by atomic mass is 9.66. The van der Waals surface area contributed by atoms with Crippen molar-refractivity contribution in [3.8, 4) is 0 Å². The number of amides is 1. The van der Waals surface area contributed by atoms with Crippen LogP contribution in [0.3, 0.4) is 0 Å². The fraction of sp³-hybridized carbons (Fsp3) is 0.889. The quantitative estimate of drug-likeness (QED) is 0.851. The van der Waals surface area contributed by atoms with Crippen molar-refractivity contribution in [2.24, 2.45) is 34.0 Å². The predicted molar refractivity (Wildman–Crippen MR) is 86.3 cm³/mol. The van der Waals surface area contributed by atoms with Crippen LogP contribution < -0.4 is 0 Å². The summed E-state index contributed by atoms with van der Waals surface area (Å²) in [6.45, 7) is 17.2. The molecule has 1 saturated heterocycles. The third-order valence-electron chi connectivity index (χ3n) is 5.72. The summed E-state index contributed by atoms with van der Waals surface area (Å²) in [4.78, 5) is 26.6. The van der Waals surface area contributed by atoms with Crippen molar-refractivity contribution >= 4 is 11.9 Å². The minimum atomic E-state index is -0.854. The first kappa shape index (κ1) is 17.3. The van der Waals surface area contributed by atoms with Gasteiger partial charge in [-0.3, -0.25) is 4.79 Å². The molecular weight excluding hydrogens is 278 g/mol. The lowest BCUT2D eigenvalue weighted by Crippen LogP contribution is -2.52. The number of hydrogen-bond acceptors (Lipinski definition) is 2. The molecule has 4 heteroatoms. The maximum Gasteiger partial charge on any atom is 0.326 e. The van der Waals surface area contributed by atoms with Gasteiger partial charge in [0, 0.05) is 18.4 Å². The molecule has 0 aromatic rings. The minimum Gasteiger partial charge on any atom is -0.480 e. The molecular formula is C18H31NO3. The lowest BCUT2D eigenvalue weighted by Gasteiger charge is -2.43. The number of rotatable bonds is 2. The van der Waals surface area contributed by atoms with Gasteiger partial charge in [-0.15, -0.1) is 0 Å². The molecule has 1 aliphatic carbocycles. The second-order valence-electron chi connectivity index (χ2n) is 9.89. The Morgan fingerprint density at radius 3 is 1.91 bits per heavy atom. The molecule has 4 nitrogen and oxygen atoms in total. The molecule has 0 aromatic carbocycles. The largest absolute Gasteiger partial charge is 0.480 e. The van der Waals surface area contributed by atoms with Crippen LogP contribution in [0.2, 0.25) is 0 Å². The van der Waals surface area contributed by atoms with E-state index in [1.807, 2.05) is 0 Å². The smallest absolute Gasteiger partial charge is 0.326 e. The standard InChI is InChI=1S/C18H31NO3/c1-16(2,3)13(17(4,5)6)14(20)19-9-10-11(18(10,7)8)12(19)15(21)22/h10-13H,9H2,1-8H3,(H,21,22)/t10-,11-,12-/m0/s1. The van der Waals surface area contributed by atoms with Crippen LogP contribution in [0.25, 0.3) is 0 Å². The van der Waals surface area contributed by atoms with Crippen molar-refractivity contribution in [2.75, 3.05) is 6.54 Å². The molecule has 2 aliphatic rings. The zero-order valence-electron chi connectivity index (χ0n) is 15.2. The van der Waals surface area contributed by atoms with Gasteiger partial charge < -0.3 is 10.0 Å². The van der Waals surface area contributed by atoms with E-state index in [4.69, 9.17) is 0 Å². The van der Waals surface area contributed by atoms with Gasteiger partial charge in [0.1, 0.15) is 6.04 Å². The van der Waals surface area contributed by atoms with E-state index >= 15 is 0 Å². The SMILES string of the molecule is CC(C)(C)C(C(=O)N1C[C@H]2[C@@H]([C@H]1C(=O)O)C2(C)C)C(C)(C)C. The third kappa shape index (κ3) is 2.55. The number of fused-ring (bicyclic) bond motifs is 1. The number of carbonyl (C=O) groups is 2. The molecule has 2 fully saturated rings. The number of aliphatic carboxylic acids is 1. The Labute approximate surface area is 134 Å². The molecule has 0 bridgehead atoms. The van der Waals surface area contributed by atoms with E-state index in [1.165, 1.54) is 0 Å². The van der Waals surface area contributed by atoms with Crippen LogP contribution in [-0.4, -0.2) is 34.5 Å². The third-order valence-corrected chi connectivity index (χ3v) is 5.72. The van der Waals surface area contributed by atoms with Gasteiger partial charge >= 0.3 is 5.97 Å². The number of carboxylic acid groups (broad SMARTS) is 1. The van der Waals surface area contributed by atoms with Crippen LogP contribution >= 0.6 is 0 Å². The summed E-state index contributed by atoms with van der Waals surface area (Å²) in [5.41, 5.74) is -0.333. The molecule has 0 aromatic heterocycles. The molecule has 1 aliphatic heterocycles. The summed E-state index contributed by atoms with van der Waals surface area (Å²) < 4.78 is 0. The summed E-state index contributed by atoms with van der Waals surface area (Å²) in [5, 5.41) is 9.66. The van der Waals surface area contributed by atoms with Gasteiger partial charge in [0.25, 0.3) is 0 Å². The fourth-order valence-electron chi connectivity index (χ4n) is 5.00. The molecule has 3 atom stereocenters. The Balaban J connectivity index is 2.31. The Hall–Kier alpha value is -1.06. The molecule has 22 heavy (non-hydrogen) atoms. The lowest BCUT2D eigenvalue weighted by molar-refractivity contribution is -0.156. The van der Waals surface area contributed by atoms with Gasteiger partial charge in [-0.25, -0.2) is 4.79 Å². The number of likely N-dealkylation sites (tertiary alicyclic amines) is 1. The molecule has 0 unspecified atom stereocenters. The van der Waals surface area contributed by atoms with Crippen LogP contribution in [0.5, 0.6) is 0 Å². The van der Waals surface area contributed by atoms with Gasteiger partial charge in [-0.1, -0.05) is 55.4 Å². The summed E-state index contributed by atoms with van der Waals surface area (Å²) in [6.07, 6.45) is 0. The van der Waals surface area contributed by atoms with E-state index in [9.17, 15) is 14.7 Å². The maximum atomic E-state index is 13.2. The van der Waals surface area contributed by atoms with Crippen LogP contribution in [0.1, 0.15) is 55.4 Å². The van der Waals surface area contributed by atoms with Gasteiger partial charge in [0.15, 0.2) is 0 Å². The van der Waals surface area contributed by atoms with Crippen molar-refractivity contribution in [1.82, 2.24) is 4.90 Å². The Bertz CT molecular complexity index is 481. The molecule has 1 heterocycles. The zero-order valence-corrected chi connectivity index (χ0v) is 15.2. The van der Waals surface area contributed by atoms with E-state index < -0.39 is 12.0 Å². The Kier molecular flexibility index (Phi) is 3.71. The molecule has 1 N–H and O–H groups in total. The molecule has 0 radical (unpaired) electrons. The number of carboxylic acids is 1. The number of hydrogen-bond donors (Lipinski definition) is 1. The summed E-state index contributed by atoms with van der Waals surface area (Å²) in [6, 6.07) is -0.653. The van der Waals surface area contributed by atoms with Crippen LogP contribution in [0, 0.1) is 34.0 Å². The summed E-state index contributed by atoms with van der Waals surface area (Å²) in [7, 11) is 0. The van der Waals surface area contributed by atoms with Crippen molar-refractivity contribution in [1.29, 1.82) is 0 Å². The molecule has 2 rings (SSSR count). The van der Waals surface area contributed by atoms with E-state index in [2.05, 4.69) is 55.4 Å². The van der Waals surface area contributed by atoms with Crippen LogP contribution in [0.15, 0.2) is 0 Å².